The fraction of sp³-hybridized carbons (Fsp3) is 0.292. The van der Waals surface area contributed by atoms with Crippen molar-refractivity contribution >= 4 is 22.9 Å². The molecule has 4 rings (SSSR count). The Morgan fingerprint density at radius 3 is 2.71 bits per heavy atom. The van der Waals surface area contributed by atoms with Gasteiger partial charge in [0.15, 0.2) is 0 Å². The Bertz CT molecular complexity index is 1170. The van der Waals surface area contributed by atoms with Crippen molar-refractivity contribution in [3.63, 3.8) is 0 Å². The van der Waals surface area contributed by atoms with Gasteiger partial charge in [0.2, 0.25) is 0 Å². The molecule has 4 atom stereocenters. The molecule has 34 heavy (non-hydrogen) atoms. The summed E-state index contributed by atoms with van der Waals surface area (Å²) >= 11 is 1.00. The van der Waals surface area contributed by atoms with Crippen molar-refractivity contribution in [3.05, 3.63) is 77.3 Å². The third-order valence-electron chi connectivity index (χ3n) is 6.13. The molecule has 1 fully saturated rings. The zero-order valence-corrected chi connectivity index (χ0v) is 19.4. The maximum Gasteiger partial charge on any atom is 0.275 e. The molecule has 10 heteroatoms. The summed E-state index contributed by atoms with van der Waals surface area (Å²) in [5, 5.41) is 7.71. The van der Waals surface area contributed by atoms with E-state index < -0.39 is 17.5 Å². The monoisotopic (exact) mass is 484 g/mol. The third kappa shape index (κ3) is 4.92. The summed E-state index contributed by atoms with van der Waals surface area (Å²) < 4.78 is 28.2. The molecule has 6 N–H and O–H groups in total. The molecule has 2 aromatic heterocycles. The topological polar surface area (TPSA) is 119 Å². The van der Waals surface area contributed by atoms with Crippen LogP contribution >= 0.6 is 11.3 Å². The smallest absolute Gasteiger partial charge is 0.275 e. The second-order valence-corrected chi connectivity index (χ2v) is 9.27. The zero-order valence-electron chi connectivity index (χ0n) is 18.5. The first kappa shape index (κ1) is 23.8. The van der Waals surface area contributed by atoms with E-state index in [1.165, 1.54) is 17.6 Å². The summed E-state index contributed by atoms with van der Waals surface area (Å²) in [7, 11) is 0. The van der Waals surface area contributed by atoms with Crippen LogP contribution in [-0.4, -0.2) is 28.0 Å². The highest BCUT2D eigenvalue weighted by Gasteiger charge is 2.34. The lowest BCUT2D eigenvalue weighted by molar-refractivity contribution is 0.102. The Labute approximate surface area is 200 Å². The molecule has 0 spiro atoms. The van der Waals surface area contributed by atoms with Crippen molar-refractivity contribution in [2.24, 2.45) is 17.4 Å². The van der Waals surface area contributed by atoms with Gasteiger partial charge in [-0.2, -0.15) is 0 Å². The van der Waals surface area contributed by atoms with Crippen LogP contribution in [0, 0.1) is 17.6 Å². The molecular formula is C24H26F2N6OS. The predicted molar refractivity (Wildman–Crippen MR) is 129 cm³/mol. The maximum atomic E-state index is 14.1. The second-order valence-electron chi connectivity index (χ2n) is 8.41. The third-order valence-corrected chi connectivity index (χ3v) is 6.99. The molecule has 0 radical (unpaired) electrons. The minimum Gasteiger partial charge on any atom is -0.403 e. The average Bonchev–Trinajstić information content (AvgIpc) is 3.29. The van der Waals surface area contributed by atoms with Gasteiger partial charge in [0.05, 0.1) is 17.4 Å². The molecule has 2 heterocycles. The van der Waals surface area contributed by atoms with Crippen LogP contribution in [0.2, 0.25) is 0 Å². The van der Waals surface area contributed by atoms with Gasteiger partial charge < -0.3 is 22.1 Å². The van der Waals surface area contributed by atoms with E-state index in [1.807, 2.05) is 6.07 Å². The van der Waals surface area contributed by atoms with Crippen LogP contribution in [0.1, 0.15) is 41.7 Å². The molecule has 7 nitrogen and oxygen atoms in total. The fourth-order valence-corrected chi connectivity index (χ4v) is 5.39. The normalized spacial score (nSPS) is 22.6. The van der Waals surface area contributed by atoms with Gasteiger partial charge in [-0.3, -0.25) is 9.78 Å². The number of amides is 1. The molecule has 178 valence electrons. The van der Waals surface area contributed by atoms with Gasteiger partial charge in [0.25, 0.3) is 5.91 Å². The molecule has 3 aromatic rings. The van der Waals surface area contributed by atoms with Crippen LogP contribution in [0.15, 0.2) is 54.4 Å². The van der Waals surface area contributed by atoms with Crippen molar-refractivity contribution in [1.82, 2.24) is 15.3 Å². The Balaban J connectivity index is 1.52. The Morgan fingerprint density at radius 1 is 1.24 bits per heavy atom. The van der Waals surface area contributed by atoms with Gasteiger partial charge in [0, 0.05) is 36.1 Å². The average molecular weight is 485 g/mol. The van der Waals surface area contributed by atoms with E-state index in [0.29, 0.717) is 5.69 Å². The molecule has 1 aliphatic rings. The predicted octanol–water partition coefficient (Wildman–Crippen LogP) is 3.96. The van der Waals surface area contributed by atoms with Crippen LogP contribution < -0.4 is 22.1 Å². The second kappa shape index (κ2) is 10.3. The quantitative estimate of drug-likeness (QED) is 0.421. The van der Waals surface area contributed by atoms with Crippen LogP contribution in [0.5, 0.6) is 0 Å². The first-order valence-corrected chi connectivity index (χ1v) is 11.8. The van der Waals surface area contributed by atoms with Gasteiger partial charge >= 0.3 is 0 Å². The molecule has 1 aromatic carbocycles. The number of nitrogens with two attached hydrogens (primary N) is 2. The molecule has 0 bridgehead atoms. The summed E-state index contributed by atoms with van der Waals surface area (Å²) in [5.74, 6) is -1.53. The van der Waals surface area contributed by atoms with E-state index in [2.05, 4.69) is 27.5 Å². The number of aromatic nitrogens is 2. The van der Waals surface area contributed by atoms with Crippen molar-refractivity contribution < 1.29 is 13.6 Å². The highest BCUT2D eigenvalue weighted by Crippen LogP contribution is 2.39. The number of carbonyl (C=O) groups is 1. The number of nitrogens with zero attached hydrogens (tertiary/aromatic N) is 2. The van der Waals surface area contributed by atoms with Gasteiger partial charge in [-0.15, -0.1) is 11.3 Å². The number of rotatable bonds is 6. The van der Waals surface area contributed by atoms with E-state index in [0.717, 1.165) is 41.9 Å². The SMILES string of the molecule is CC1CC(c2ccncc2NC(=O)c2csc(-c3c(F)cccc3F)n2)CC(N)C1N/C=C\N. The van der Waals surface area contributed by atoms with Gasteiger partial charge in [-0.05, 0) is 48.4 Å². The summed E-state index contributed by atoms with van der Waals surface area (Å²) in [6.07, 6.45) is 8.02. The standard InChI is InChI=1S/C24H26F2N6OS/c1-13-9-14(10-18(28)22(13)30-8-6-27)15-5-7-29-11-19(15)31-23(33)20-12-34-24(32-20)21-16(25)3-2-4-17(21)26/h2-8,11-14,18,22,30H,9-10,27-28H2,1H3,(H,31,33)/b8-6-. The number of carbonyl (C=O) groups excluding carboxylic acids is 1. The van der Waals surface area contributed by atoms with Crippen molar-refractivity contribution in [2.45, 2.75) is 37.8 Å². The minimum atomic E-state index is -0.728. The molecule has 0 aliphatic heterocycles. The van der Waals surface area contributed by atoms with E-state index in [1.54, 1.807) is 18.6 Å². The minimum absolute atomic E-state index is 0.0732. The van der Waals surface area contributed by atoms with Gasteiger partial charge in [0.1, 0.15) is 22.3 Å². The van der Waals surface area contributed by atoms with Crippen LogP contribution in [0.4, 0.5) is 14.5 Å². The number of pyridine rings is 1. The summed E-state index contributed by atoms with van der Waals surface area (Å²) in [5.41, 5.74) is 13.2. The van der Waals surface area contributed by atoms with Gasteiger partial charge in [-0.1, -0.05) is 13.0 Å². The number of hydrogen-bond donors (Lipinski definition) is 4. The lowest BCUT2D eigenvalue weighted by Gasteiger charge is -2.39. The Hall–Kier alpha value is -3.37. The number of nitrogens with one attached hydrogen (secondary N) is 2. The van der Waals surface area contributed by atoms with E-state index in [4.69, 9.17) is 11.5 Å². The number of anilines is 1. The van der Waals surface area contributed by atoms with Crippen molar-refractivity contribution in [3.8, 4) is 10.6 Å². The summed E-state index contributed by atoms with van der Waals surface area (Å²) in [6.45, 7) is 2.13. The number of benzene rings is 1. The van der Waals surface area contributed by atoms with Crippen LogP contribution in [-0.2, 0) is 0 Å². The fourth-order valence-electron chi connectivity index (χ4n) is 4.54. The van der Waals surface area contributed by atoms with Crippen LogP contribution in [0.25, 0.3) is 10.6 Å². The van der Waals surface area contributed by atoms with Crippen molar-refractivity contribution in [2.75, 3.05) is 5.32 Å². The summed E-state index contributed by atoms with van der Waals surface area (Å²) in [4.78, 5) is 21.2. The molecule has 1 aliphatic carbocycles. The lowest BCUT2D eigenvalue weighted by Crippen LogP contribution is -2.51. The number of hydrogen-bond acceptors (Lipinski definition) is 7. The van der Waals surface area contributed by atoms with E-state index in [9.17, 15) is 13.6 Å². The van der Waals surface area contributed by atoms with Crippen molar-refractivity contribution in [1.29, 1.82) is 0 Å². The maximum absolute atomic E-state index is 14.1. The molecule has 1 amide bonds. The lowest BCUT2D eigenvalue weighted by atomic mass is 9.73. The van der Waals surface area contributed by atoms with E-state index >= 15 is 0 Å². The Kier molecular flexibility index (Phi) is 7.18. The zero-order chi connectivity index (χ0) is 24.2. The van der Waals surface area contributed by atoms with E-state index in [-0.39, 0.29) is 40.2 Å². The summed E-state index contributed by atoms with van der Waals surface area (Å²) in [6, 6.07) is 5.48. The first-order valence-electron chi connectivity index (χ1n) is 10.9. The first-order chi connectivity index (χ1) is 16.4. The molecule has 4 unspecified atom stereocenters. The van der Waals surface area contributed by atoms with Crippen LogP contribution in [0.3, 0.4) is 0 Å². The molecular weight excluding hydrogens is 458 g/mol. The molecule has 1 saturated carbocycles. The van der Waals surface area contributed by atoms with Gasteiger partial charge in [-0.25, -0.2) is 13.8 Å². The highest BCUT2D eigenvalue weighted by molar-refractivity contribution is 7.13. The Morgan fingerprint density at radius 2 is 2.00 bits per heavy atom. The largest absolute Gasteiger partial charge is 0.403 e. The number of halogens is 2. The molecule has 0 saturated heterocycles. The number of thiazole rings is 1. The highest BCUT2D eigenvalue weighted by atomic mass is 32.1.